The van der Waals surface area contributed by atoms with Crippen LogP contribution in [0.1, 0.15) is 16.3 Å². The first-order chi connectivity index (χ1) is 9.17. The second-order valence-corrected chi connectivity index (χ2v) is 4.47. The predicted octanol–water partition coefficient (Wildman–Crippen LogP) is -0.628. The van der Waals surface area contributed by atoms with Crippen LogP contribution in [0.15, 0.2) is 10.9 Å². The maximum atomic E-state index is 11.7. The smallest absolute Gasteiger partial charge is 0.270 e. The van der Waals surface area contributed by atoms with Crippen molar-refractivity contribution in [2.45, 2.75) is 5.75 Å². The summed E-state index contributed by atoms with van der Waals surface area (Å²) in [6.07, 6.45) is 1.88. The lowest BCUT2D eigenvalue weighted by atomic mass is 10.3. The Kier molecular flexibility index (Phi) is 7.16. The Balaban J connectivity index is 2.54. The van der Waals surface area contributed by atoms with Crippen molar-refractivity contribution in [3.8, 4) is 0 Å². The molecule has 19 heavy (non-hydrogen) atoms. The van der Waals surface area contributed by atoms with Crippen LogP contribution in [0.2, 0.25) is 0 Å². The fraction of sp³-hybridized carbons (Fsp3) is 0.545. The number of amides is 1. The van der Waals surface area contributed by atoms with Crippen LogP contribution in [0, 0.1) is 0 Å². The van der Waals surface area contributed by atoms with Crippen LogP contribution in [0.3, 0.4) is 0 Å². The molecule has 7 nitrogen and oxygen atoms in total. The second kappa shape index (κ2) is 8.68. The van der Waals surface area contributed by atoms with Gasteiger partial charge in [0.2, 0.25) is 0 Å². The van der Waals surface area contributed by atoms with E-state index in [4.69, 9.17) is 9.84 Å². The van der Waals surface area contributed by atoms with Crippen LogP contribution < -0.4 is 10.9 Å². The number of carbonyl (C=O) groups excluding carboxylic acids is 1. The third-order valence-electron chi connectivity index (χ3n) is 2.07. The van der Waals surface area contributed by atoms with Crippen molar-refractivity contribution >= 4 is 17.7 Å². The summed E-state index contributed by atoms with van der Waals surface area (Å²) in [6.45, 7) is 0.775. The molecule has 1 aromatic heterocycles. The van der Waals surface area contributed by atoms with E-state index >= 15 is 0 Å². The third-order valence-corrected chi connectivity index (χ3v) is 2.63. The summed E-state index contributed by atoms with van der Waals surface area (Å²) in [4.78, 5) is 29.8. The van der Waals surface area contributed by atoms with Gasteiger partial charge in [-0.1, -0.05) is 0 Å². The van der Waals surface area contributed by atoms with Gasteiger partial charge in [-0.15, -0.1) is 0 Å². The van der Waals surface area contributed by atoms with Gasteiger partial charge in [0.1, 0.15) is 11.5 Å². The Hall–Kier alpha value is -1.38. The molecule has 0 spiro atoms. The van der Waals surface area contributed by atoms with Crippen molar-refractivity contribution in [2.24, 2.45) is 0 Å². The van der Waals surface area contributed by atoms with E-state index < -0.39 is 5.91 Å². The molecule has 1 aromatic rings. The highest BCUT2D eigenvalue weighted by Crippen LogP contribution is 2.02. The van der Waals surface area contributed by atoms with Crippen LogP contribution in [-0.2, 0) is 10.5 Å². The highest BCUT2D eigenvalue weighted by atomic mass is 32.2. The van der Waals surface area contributed by atoms with Crippen molar-refractivity contribution in [3.63, 3.8) is 0 Å². The summed E-state index contributed by atoms with van der Waals surface area (Å²) in [5.41, 5.74) is -0.254. The van der Waals surface area contributed by atoms with Crippen LogP contribution in [0.25, 0.3) is 0 Å². The molecule has 0 radical (unpaired) electrons. The molecule has 1 heterocycles. The minimum atomic E-state index is -0.416. The minimum absolute atomic E-state index is 0.0540. The Labute approximate surface area is 114 Å². The molecule has 0 saturated carbocycles. The lowest BCUT2D eigenvalue weighted by Crippen LogP contribution is -2.30. The molecule has 0 aliphatic carbocycles. The molecule has 0 aliphatic heterocycles. The molecule has 0 bridgehead atoms. The molecular weight excluding hydrogens is 270 g/mol. The topological polar surface area (TPSA) is 104 Å². The summed E-state index contributed by atoms with van der Waals surface area (Å²) in [7, 11) is 0. The average Bonchev–Trinajstić information content (AvgIpc) is 2.38. The van der Waals surface area contributed by atoms with E-state index in [1.807, 2.05) is 6.26 Å². The maximum Gasteiger partial charge on any atom is 0.270 e. The van der Waals surface area contributed by atoms with Gasteiger partial charge in [-0.25, -0.2) is 4.98 Å². The molecule has 106 valence electrons. The number of aliphatic hydroxyl groups excluding tert-OH is 1. The Morgan fingerprint density at radius 3 is 3.05 bits per heavy atom. The first-order valence-electron chi connectivity index (χ1n) is 5.73. The minimum Gasteiger partial charge on any atom is -0.394 e. The summed E-state index contributed by atoms with van der Waals surface area (Å²) in [5, 5.41) is 11.1. The van der Waals surface area contributed by atoms with E-state index in [2.05, 4.69) is 15.3 Å². The van der Waals surface area contributed by atoms with Gasteiger partial charge in [-0.2, -0.15) is 11.8 Å². The van der Waals surface area contributed by atoms with Crippen molar-refractivity contribution < 1.29 is 14.6 Å². The van der Waals surface area contributed by atoms with Gasteiger partial charge in [0.05, 0.1) is 25.6 Å². The average molecular weight is 287 g/mol. The summed E-state index contributed by atoms with van der Waals surface area (Å²) in [5.74, 6) is 0.596. The predicted molar refractivity (Wildman–Crippen MR) is 72.3 cm³/mol. The van der Waals surface area contributed by atoms with E-state index in [0.29, 0.717) is 24.7 Å². The number of hydrogen-bond donors (Lipinski definition) is 3. The molecule has 0 saturated heterocycles. The fourth-order valence-corrected chi connectivity index (χ4v) is 1.73. The number of carbonyl (C=O) groups is 1. The van der Waals surface area contributed by atoms with Crippen molar-refractivity contribution in [1.82, 2.24) is 15.3 Å². The maximum absolute atomic E-state index is 11.7. The highest BCUT2D eigenvalue weighted by Gasteiger charge is 2.09. The molecule has 0 aromatic carbocycles. The van der Waals surface area contributed by atoms with E-state index in [1.165, 1.54) is 11.8 Å². The standard InChI is InChI=1S/C11H17N3O4S/c1-19-7-9-13-8(6-10(16)14-9)11(17)12-2-4-18-5-3-15/h6,15H,2-5,7H2,1H3,(H,12,17)(H,13,14,16). The number of aromatic nitrogens is 2. The Bertz CT molecular complexity index is 463. The quantitative estimate of drug-likeness (QED) is 0.550. The number of aliphatic hydroxyl groups is 1. The van der Waals surface area contributed by atoms with Gasteiger partial charge in [0.25, 0.3) is 11.5 Å². The van der Waals surface area contributed by atoms with E-state index in [9.17, 15) is 9.59 Å². The Morgan fingerprint density at radius 1 is 1.58 bits per heavy atom. The number of hydrogen-bond acceptors (Lipinski definition) is 6. The summed E-state index contributed by atoms with van der Waals surface area (Å²) >= 11 is 1.50. The van der Waals surface area contributed by atoms with Gasteiger partial charge in [-0.05, 0) is 6.26 Å². The number of ether oxygens (including phenoxy) is 1. The first kappa shape index (κ1) is 15.7. The van der Waals surface area contributed by atoms with Crippen molar-refractivity contribution in [1.29, 1.82) is 0 Å². The Morgan fingerprint density at radius 2 is 2.37 bits per heavy atom. The van der Waals surface area contributed by atoms with Gasteiger partial charge >= 0.3 is 0 Å². The fourth-order valence-electron chi connectivity index (χ4n) is 1.32. The molecule has 0 aliphatic rings. The largest absolute Gasteiger partial charge is 0.394 e. The van der Waals surface area contributed by atoms with Gasteiger partial charge in [-0.3, -0.25) is 9.59 Å². The van der Waals surface area contributed by atoms with Crippen LogP contribution in [0.4, 0.5) is 0 Å². The number of aromatic amines is 1. The zero-order chi connectivity index (χ0) is 14.1. The lowest BCUT2D eigenvalue weighted by Gasteiger charge is -2.06. The van der Waals surface area contributed by atoms with Crippen LogP contribution in [0.5, 0.6) is 0 Å². The SMILES string of the molecule is CSCc1nc(C(=O)NCCOCCO)cc(=O)[nH]1. The summed E-state index contributed by atoms with van der Waals surface area (Å²) in [6, 6.07) is 1.16. The lowest BCUT2D eigenvalue weighted by molar-refractivity contribution is 0.0835. The number of nitrogens with one attached hydrogen (secondary N) is 2. The normalized spacial score (nSPS) is 10.4. The van der Waals surface area contributed by atoms with Crippen molar-refractivity contribution in [2.75, 3.05) is 32.6 Å². The zero-order valence-corrected chi connectivity index (χ0v) is 11.5. The van der Waals surface area contributed by atoms with Gasteiger partial charge in [0.15, 0.2) is 0 Å². The van der Waals surface area contributed by atoms with Gasteiger partial charge in [0, 0.05) is 12.6 Å². The number of H-pyrrole nitrogens is 1. The van der Waals surface area contributed by atoms with E-state index in [0.717, 1.165) is 6.07 Å². The van der Waals surface area contributed by atoms with Gasteiger partial charge < -0.3 is 20.1 Å². The van der Waals surface area contributed by atoms with E-state index in [1.54, 1.807) is 0 Å². The van der Waals surface area contributed by atoms with Crippen LogP contribution >= 0.6 is 11.8 Å². The number of nitrogens with zero attached hydrogens (tertiary/aromatic N) is 1. The van der Waals surface area contributed by atoms with Crippen LogP contribution in [-0.4, -0.2) is 53.6 Å². The molecule has 1 amide bonds. The monoisotopic (exact) mass is 287 g/mol. The molecular formula is C11H17N3O4S. The number of thioether (sulfide) groups is 1. The molecule has 1 rings (SSSR count). The summed E-state index contributed by atoms with van der Waals surface area (Å²) < 4.78 is 5.00. The second-order valence-electron chi connectivity index (χ2n) is 3.60. The highest BCUT2D eigenvalue weighted by molar-refractivity contribution is 7.97. The molecule has 0 fully saturated rings. The molecule has 0 atom stereocenters. The zero-order valence-electron chi connectivity index (χ0n) is 10.6. The van der Waals surface area contributed by atoms with Crippen molar-refractivity contribution in [3.05, 3.63) is 27.9 Å². The number of rotatable bonds is 8. The first-order valence-corrected chi connectivity index (χ1v) is 7.12. The molecule has 3 N–H and O–H groups in total. The third kappa shape index (κ3) is 5.86. The molecule has 8 heteroatoms. The molecule has 0 unspecified atom stereocenters. The van der Waals surface area contributed by atoms with E-state index in [-0.39, 0.29) is 24.5 Å².